The minimum Gasteiger partial charge on any atom is -0.378 e. The Morgan fingerprint density at radius 3 is 2.60 bits per heavy atom. The number of nitrogens with one attached hydrogen (secondary N) is 1. The SMILES string of the molecule is CC(C)(C)c1ccc2c(=O)n(-c3cccc(-c4cn5ccnc5c(Nc5ccc(C(=O)N6CCOCC6)nc5)n4)c3)cnc2c1. The topological polar surface area (TPSA) is 120 Å². The van der Waals surface area contributed by atoms with Crippen LogP contribution in [0.1, 0.15) is 36.8 Å². The van der Waals surface area contributed by atoms with Gasteiger partial charge in [0.1, 0.15) is 12.0 Å². The molecule has 0 spiro atoms. The maximum atomic E-state index is 13.5. The molecule has 1 saturated heterocycles. The van der Waals surface area contributed by atoms with Gasteiger partial charge >= 0.3 is 0 Å². The van der Waals surface area contributed by atoms with Gasteiger partial charge in [0.25, 0.3) is 11.5 Å². The van der Waals surface area contributed by atoms with Crippen molar-refractivity contribution >= 4 is 34.0 Å². The van der Waals surface area contributed by atoms with Crippen LogP contribution in [0.2, 0.25) is 0 Å². The highest BCUT2D eigenvalue weighted by Gasteiger charge is 2.20. The number of carbonyl (C=O) groups is 1. The number of nitrogens with zero attached hydrogens (tertiary/aromatic N) is 7. The van der Waals surface area contributed by atoms with Gasteiger partial charge in [-0.2, -0.15) is 0 Å². The summed E-state index contributed by atoms with van der Waals surface area (Å²) in [7, 11) is 0. The minimum absolute atomic E-state index is 0.0435. The van der Waals surface area contributed by atoms with Crippen LogP contribution in [-0.2, 0) is 10.2 Å². The van der Waals surface area contributed by atoms with Crippen LogP contribution in [0.4, 0.5) is 11.5 Å². The molecule has 11 heteroatoms. The van der Waals surface area contributed by atoms with Gasteiger partial charge in [-0.15, -0.1) is 0 Å². The van der Waals surface area contributed by atoms with E-state index in [2.05, 4.69) is 41.0 Å². The summed E-state index contributed by atoms with van der Waals surface area (Å²) in [5.74, 6) is 0.409. The Morgan fingerprint density at radius 1 is 0.978 bits per heavy atom. The Labute approximate surface area is 259 Å². The van der Waals surface area contributed by atoms with E-state index in [0.29, 0.717) is 71.4 Å². The molecular formula is C34H32N8O3. The molecule has 1 aliphatic rings. The fourth-order valence-corrected chi connectivity index (χ4v) is 5.40. The summed E-state index contributed by atoms with van der Waals surface area (Å²) in [6.07, 6.45) is 8.64. The molecule has 5 heterocycles. The van der Waals surface area contributed by atoms with Crippen LogP contribution in [0.15, 0.2) is 90.5 Å². The lowest BCUT2D eigenvalue weighted by molar-refractivity contribution is 0.0299. The number of morpholine rings is 1. The summed E-state index contributed by atoms with van der Waals surface area (Å²) in [6.45, 7) is 8.59. The van der Waals surface area contributed by atoms with Gasteiger partial charge in [-0.1, -0.05) is 39.0 Å². The van der Waals surface area contributed by atoms with Gasteiger partial charge in [0.2, 0.25) is 0 Å². The van der Waals surface area contributed by atoms with E-state index in [1.165, 1.54) is 0 Å². The maximum Gasteiger partial charge on any atom is 0.272 e. The predicted octanol–water partition coefficient (Wildman–Crippen LogP) is 5.00. The molecule has 0 atom stereocenters. The molecule has 4 aromatic heterocycles. The Hall–Kier alpha value is -5.42. The molecule has 0 unspecified atom stereocenters. The first kappa shape index (κ1) is 28.4. The summed E-state index contributed by atoms with van der Waals surface area (Å²) in [6, 6.07) is 17.0. The van der Waals surface area contributed by atoms with Gasteiger partial charge in [-0.05, 0) is 47.4 Å². The maximum absolute atomic E-state index is 13.5. The van der Waals surface area contributed by atoms with Crippen molar-refractivity contribution in [1.82, 2.24) is 33.8 Å². The molecule has 11 nitrogen and oxygen atoms in total. The number of rotatable bonds is 5. The fourth-order valence-electron chi connectivity index (χ4n) is 5.40. The largest absolute Gasteiger partial charge is 0.378 e. The van der Waals surface area contributed by atoms with E-state index in [4.69, 9.17) is 9.72 Å². The van der Waals surface area contributed by atoms with Crippen molar-refractivity contribution in [3.05, 3.63) is 107 Å². The highest BCUT2D eigenvalue weighted by Crippen LogP contribution is 2.27. The molecular weight excluding hydrogens is 568 g/mol. The number of benzene rings is 2. The van der Waals surface area contributed by atoms with E-state index in [1.807, 2.05) is 59.3 Å². The van der Waals surface area contributed by atoms with E-state index < -0.39 is 0 Å². The van der Waals surface area contributed by atoms with Crippen molar-refractivity contribution < 1.29 is 9.53 Å². The fraction of sp³-hybridized carbons (Fsp3) is 0.235. The molecule has 226 valence electrons. The van der Waals surface area contributed by atoms with Crippen LogP contribution in [0.25, 0.3) is 33.5 Å². The van der Waals surface area contributed by atoms with E-state index >= 15 is 0 Å². The summed E-state index contributed by atoms with van der Waals surface area (Å²) in [5.41, 5.74) is 5.46. The van der Waals surface area contributed by atoms with E-state index in [-0.39, 0.29) is 16.9 Å². The van der Waals surface area contributed by atoms with Crippen molar-refractivity contribution in [1.29, 1.82) is 0 Å². The van der Waals surface area contributed by atoms with Crippen molar-refractivity contribution in [2.45, 2.75) is 26.2 Å². The number of amides is 1. The molecule has 6 aromatic rings. The number of carbonyl (C=O) groups excluding carboxylic acids is 1. The summed E-state index contributed by atoms with van der Waals surface area (Å²) >= 11 is 0. The number of hydrogen-bond acceptors (Lipinski definition) is 8. The van der Waals surface area contributed by atoms with E-state index in [0.717, 1.165) is 11.1 Å². The van der Waals surface area contributed by atoms with Crippen molar-refractivity contribution in [3.63, 3.8) is 0 Å². The molecule has 0 radical (unpaired) electrons. The van der Waals surface area contributed by atoms with Crippen LogP contribution in [0, 0.1) is 0 Å². The van der Waals surface area contributed by atoms with Gasteiger partial charge in [0, 0.05) is 37.2 Å². The second-order valence-electron chi connectivity index (χ2n) is 12.0. The molecule has 1 amide bonds. The molecule has 0 aliphatic carbocycles. The molecule has 0 saturated carbocycles. The van der Waals surface area contributed by atoms with Gasteiger partial charge in [-0.3, -0.25) is 14.2 Å². The number of aromatic nitrogens is 6. The van der Waals surface area contributed by atoms with E-state index in [9.17, 15) is 9.59 Å². The van der Waals surface area contributed by atoms with Crippen molar-refractivity contribution in [3.8, 4) is 16.9 Å². The number of hydrogen-bond donors (Lipinski definition) is 1. The zero-order valence-electron chi connectivity index (χ0n) is 25.3. The number of imidazole rings is 1. The van der Waals surface area contributed by atoms with E-state index in [1.54, 1.807) is 40.3 Å². The van der Waals surface area contributed by atoms with Crippen LogP contribution >= 0.6 is 0 Å². The Balaban J connectivity index is 1.19. The Kier molecular flexibility index (Phi) is 7.09. The molecule has 45 heavy (non-hydrogen) atoms. The van der Waals surface area contributed by atoms with Crippen LogP contribution < -0.4 is 10.9 Å². The third-order valence-corrected chi connectivity index (χ3v) is 7.96. The van der Waals surface area contributed by atoms with Crippen LogP contribution in [0.3, 0.4) is 0 Å². The standard InChI is InChI=1S/C34H32N8O3/c1-34(2,3)23-7-9-26-28(18-23)37-21-42(32(26)43)25-6-4-5-22(17-25)29-20-41-12-11-35-31(41)30(39-29)38-24-8-10-27(36-19-24)33(44)40-13-15-45-16-14-40/h4-12,17-21H,13-16H2,1-3H3,(H,38,39). The summed E-state index contributed by atoms with van der Waals surface area (Å²) in [5, 5.41) is 3.87. The predicted molar refractivity (Wildman–Crippen MR) is 172 cm³/mol. The minimum atomic E-state index is -0.138. The normalized spacial score (nSPS) is 13.8. The first-order valence-electron chi connectivity index (χ1n) is 14.8. The quantitative estimate of drug-likeness (QED) is 0.294. The number of pyridine rings is 1. The third kappa shape index (κ3) is 5.53. The van der Waals surface area contributed by atoms with Gasteiger partial charge in [0.05, 0.1) is 47.4 Å². The highest BCUT2D eigenvalue weighted by atomic mass is 16.5. The molecule has 1 aliphatic heterocycles. The monoisotopic (exact) mass is 600 g/mol. The second-order valence-corrected chi connectivity index (χ2v) is 12.0. The zero-order valence-corrected chi connectivity index (χ0v) is 25.3. The van der Waals surface area contributed by atoms with Gasteiger partial charge in [-0.25, -0.2) is 19.9 Å². The van der Waals surface area contributed by atoms with Crippen LogP contribution in [-0.4, -0.2) is 66.0 Å². The molecule has 1 N–H and O–H groups in total. The Bertz CT molecular complexity index is 2110. The molecule has 0 bridgehead atoms. The molecule has 7 rings (SSSR count). The highest BCUT2D eigenvalue weighted by molar-refractivity contribution is 5.92. The average molecular weight is 601 g/mol. The second kappa shape index (κ2) is 11.3. The van der Waals surface area contributed by atoms with Crippen molar-refractivity contribution in [2.75, 3.05) is 31.6 Å². The lowest BCUT2D eigenvalue weighted by Crippen LogP contribution is -2.41. The molecule has 1 fully saturated rings. The van der Waals surface area contributed by atoms with Crippen molar-refractivity contribution in [2.24, 2.45) is 0 Å². The lowest BCUT2D eigenvalue weighted by Gasteiger charge is -2.26. The number of ether oxygens (including phenoxy) is 1. The summed E-state index contributed by atoms with van der Waals surface area (Å²) in [4.78, 5) is 46.5. The smallest absolute Gasteiger partial charge is 0.272 e. The number of fused-ring (bicyclic) bond motifs is 2. The third-order valence-electron chi connectivity index (χ3n) is 7.96. The first-order chi connectivity index (χ1) is 21.7. The lowest BCUT2D eigenvalue weighted by atomic mass is 9.86. The molecule has 2 aromatic carbocycles. The van der Waals surface area contributed by atoms with Gasteiger partial charge in [0.15, 0.2) is 11.5 Å². The summed E-state index contributed by atoms with van der Waals surface area (Å²) < 4.78 is 8.79. The van der Waals surface area contributed by atoms with Gasteiger partial charge < -0.3 is 19.4 Å². The van der Waals surface area contributed by atoms with Crippen LogP contribution in [0.5, 0.6) is 0 Å². The zero-order chi connectivity index (χ0) is 31.1. The first-order valence-corrected chi connectivity index (χ1v) is 14.8. The Morgan fingerprint density at radius 2 is 1.82 bits per heavy atom. The number of anilines is 2. The average Bonchev–Trinajstić information content (AvgIpc) is 3.54.